The van der Waals surface area contributed by atoms with Gasteiger partial charge in [-0.2, -0.15) is 0 Å². The Balaban J connectivity index is 1.71. The normalized spacial score (nSPS) is 16.7. The molecule has 1 aliphatic rings. The van der Waals surface area contributed by atoms with Crippen molar-refractivity contribution in [2.75, 3.05) is 20.2 Å². The second-order valence-electron chi connectivity index (χ2n) is 7.37. The Morgan fingerprint density at radius 2 is 2.04 bits per heavy atom. The molecule has 28 heavy (non-hydrogen) atoms. The molecule has 1 fully saturated rings. The van der Waals surface area contributed by atoms with Crippen molar-refractivity contribution in [3.8, 4) is 17.1 Å². The number of aromatic nitrogens is 3. The molecule has 0 aliphatic carbocycles. The number of benzene rings is 1. The van der Waals surface area contributed by atoms with Gasteiger partial charge in [-0.3, -0.25) is 0 Å². The fourth-order valence-electron chi connectivity index (χ4n) is 3.69. The summed E-state index contributed by atoms with van der Waals surface area (Å²) in [7, 11) is 1.66. The van der Waals surface area contributed by atoms with Crippen molar-refractivity contribution in [3.63, 3.8) is 0 Å². The highest BCUT2D eigenvalue weighted by atomic mass is 16.5. The third kappa shape index (κ3) is 3.40. The summed E-state index contributed by atoms with van der Waals surface area (Å²) in [5.74, 6) is 1.68. The summed E-state index contributed by atoms with van der Waals surface area (Å²) in [5.41, 5.74) is 2.71. The highest BCUT2D eigenvalue weighted by molar-refractivity contribution is 5.78. The molecule has 7 nitrogen and oxygen atoms in total. The molecular weight excluding hydrogens is 354 g/mol. The number of hydrogen-bond acceptors (Lipinski definition) is 4. The fraction of sp³-hybridized carbons (Fsp3) is 0.381. The molecule has 0 spiro atoms. The largest absolute Gasteiger partial charge is 0.497 e. The molecule has 1 saturated heterocycles. The van der Waals surface area contributed by atoms with Gasteiger partial charge in [0.05, 0.1) is 13.2 Å². The van der Waals surface area contributed by atoms with Crippen molar-refractivity contribution in [3.05, 3.63) is 42.6 Å². The van der Waals surface area contributed by atoms with Crippen molar-refractivity contribution >= 4 is 17.2 Å². The Bertz CT molecular complexity index is 980. The molecule has 4 rings (SSSR count). The minimum atomic E-state index is -0.0131. The standard InChI is InChI=1S/C21H25N5O2/c1-14(2)23-21(27)25-12-10-16(13-25)26-19(15-6-8-17(28-3)9-7-15)24-18-5-4-11-22-20(18)26/h4-9,11,14,16H,10,12-13H2,1-3H3,(H,23,27)/t16-/m0/s1. The number of methoxy groups -OCH3 is 1. The third-order valence-corrected chi connectivity index (χ3v) is 5.02. The zero-order valence-corrected chi connectivity index (χ0v) is 16.4. The van der Waals surface area contributed by atoms with Crippen LogP contribution in [0.15, 0.2) is 42.6 Å². The van der Waals surface area contributed by atoms with Gasteiger partial charge in [-0.05, 0) is 56.7 Å². The number of pyridine rings is 1. The molecule has 1 N–H and O–H groups in total. The molecule has 0 radical (unpaired) electrons. The van der Waals surface area contributed by atoms with E-state index in [1.165, 1.54) is 0 Å². The molecule has 3 heterocycles. The van der Waals surface area contributed by atoms with Crippen molar-refractivity contribution < 1.29 is 9.53 Å². The average Bonchev–Trinajstić information content (AvgIpc) is 3.32. The first kappa shape index (κ1) is 18.3. The van der Waals surface area contributed by atoms with E-state index in [1.54, 1.807) is 13.3 Å². The minimum absolute atomic E-state index is 0.0131. The number of likely N-dealkylation sites (tertiary alicyclic amines) is 1. The lowest BCUT2D eigenvalue weighted by molar-refractivity contribution is 0.204. The van der Waals surface area contributed by atoms with E-state index in [2.05, 4.69) is 14.9 Å². The highest BCUT2D eigenvalue weighted by Crippen LogP contribution is 2.32. The van der Waals surface area contributed by atoms with Crippen LogP contribution in [0.2, 0.25) is 0 Å². The van der Waals surface area contributed by atoms with Crippen LogP contribution in [0, 0.1) is 0 Å². The predicted molar refractivity (Wildman–Crippen MR) is 108 cm³/mol. The van der Waals surface area contributed by atoms with Gasteiger partial charge in [0, 0.05) is 30.9 Å². The van der Waals surface area contributed by atoms with E-state index in [9.17, 15) is 4.79 Å². The Morgan fingerprint density at radius 1 is 1.25 bits per heavy atom. The zero-order valence-electron chi connectivity index (χ0n) is 16.4. The summed E-state index contributed by atoms with van der Waals surface area (Å²) >= 11 is 0. The summed E-state index contributed by atoms with van der Waals surface area (Å²) < 4.78 is 7.46. The number of rotatable bonds is 4. The molecule has 1 aromatic carbocycles. The van der Waals surface area contributed by atoms with E-state index in [1.807, 2.05) is 55.1 Å². The number of amides is 2. The minimum Gasteiger partial charge on any atom is -0.497 e. The van der Waals surface area contributed by atoms with Gasteiger partial charge in [-0.1, -0.05) is 0 Å². The SMILES string of the molecule is COc1ccc(-c2nc3cccnc3n2[C@H]2CCN(C(=O)NC(C)C)C2)cc1. The van der Waals surface area contributed by atoms with Gasteiger partial charge in [0.25, 0.3) is 0 Å². The molecular formula is C21H25N5O2. The lowest BCUT2D eigenvalue weighted by Gasteiger charge is -2.20. The van der Waals surface area contributed by atoms with Crippen LogP contribution < -0.4 is 10.1 Å². The number of nitrogens with zero attached hydrogens (tertiary/aromatic N) is 4. The molecule has 1 aliphatic heterocycles. The number of hydrogen-bond donors (Lipinski definition) is 1. The van der Waals surface area contributed by atoms with Crippen molar-refractivity contribution in [2.24, 2.45) is 0 Å². The second kappa shape index (κ2) is 7.50. The topological polar surface area (TPSA) is 72.3 Å². The highest BCUT2D eigenvalue weighted by Gasteiger charge is 2.31. The van der Waals surface area contributed by atoms with Crippen LogP contribution >= 0.6 is 0 Å². The summed E-state index contributed by atoms with van der Waals surface area (Å²) in [5, 5.41) is 2.98. The number of carbonyl (C=O) groups is 1. The predicted octanol–water partition coefficient (Wildman–Crippen LogP) is 3.47. The third-order valence-electron chi connectivity index (χ3n) is 5.02. The van der Waals surface area contributed by atoms with E-state index in [0.29, 0.717) is 6.54 Å². The first-order valence-corrected chi connectivity index (χ1v) is 9.59. The van der Waals surface area contributed by atoms with Crippen LogP contribution in [-0.4, -0.2) is 51.7 Å². The van der Waals surface area contributed by atoms with Crippen molar-refractivity contribution in [2.45, 2.75) is 32.4 Å². The van der Waals surface area contributed by atoms with Crippen LogP contribution in [0.4, 0.5) is 4.79 Å². The van der Waals surface area contributed by atoms with Crippen LogP contribution in [0.3, 0.4) is 0 Å². The second-order valence-corrected chi connectivity index (χ2v) is 7.37. The van der Waals surface area contributed by atoms with Crippen molar-refractivity contribution in [1.29, 1.82) is 0 Å². The van der Waals surface area contributed by atoms with Gasteiger partial charge in [0.2, 0.25) is 0 Å². The van der Waals surface area contributed by atoms with E-state index < -0.39 is 0 Å². The number of fused-ring (bicyclic) bond motifs is 1. The maximum absolute atomic E-state index is 12.4. The summed E-state index contributed by atoms with van der Waals surface area (Å²) in [6.45, 7) is 5.31. The van der Waals surface area contributed by atoms with Gasteiger partial charge in [0.1, 0.15) is 17.1 Å². The summed E-state index contributed by atoms with van der Waals surface area (Å²) in [6.07, 6.45) is 2.66. The Labute approximate surface area is 164 Å². The monoisotopic (exact) mass is 379 g/mol. The fourth-order valence-corrected chi connectivity index (χ4v) is 3.69. The first-order chi connectivity index (χ1) is 13.6. The number of ether oxygens (including phenoxy) is 1. The number of imidazole rings is 1. The molecule has 0 saturated carbocycles. The quantitative estimate of drug-likeness (QED) is 0.753. The summed E-state index contributed by atoms with van der Waals surface area (Å²) in [4.78, 5) is 23.7. The van der Waals surface area contributed by atoms with Crippen LogP contribution in [0.5, 0.6) is 5.75 Å². The lowest BCUT2D eigenvalue weighted by Crippen LogP contribution is -2.41. The lowest BCUT2D eigenvalue weighted by atomic mass is 10.2. The van der Waals surface area contributed by atoms with E-state index in [4.69, 9.17) is 9.72 Å². The smallest absolute Gasteiger partial charge is 0.317 e. The van der Waals surface area contributed by atoms with E-state index in [-0.39, 0.29) is 18.1 Å². The molecule has 146 valence electrons. The van der Waals surface area contributed by atoms with Crippen molar-refractivity contribution in [1.82, 2.24) is 24.8 Å². The van der Waals surface area contributed by atoms with Crippen LogP contribution in [-0.2, 0) is 0 Å². The van der Waals surface area contributed by atoms with Gasteiger partial charge in [-0.25, -0.2) is 14.8 Å². The van der Waals surface area contributed by atoms with E-state index in [0.717, 1.165) is 41.3 Å². The Morgan fingerprint density at radius 3 is 2.75 bits per heavy atom. The van der Waals surface area contributed by atoms with Gasteiger partial charge in [0.15, 0.2) is 5.65 Å². The zero-order chi connectivity index (χ0) is 19.7. The maximum atomic E-state index is 12.4. The van der Waals surface area contributed by atoms with E-state index >= 15 is 0 Å². The molecule has 2 aromatic heterocycles. The number of urea groups is 1. The molecule has 2 amide bonds. The molecule has 1 atom stereocenters. The molecule has 0 unspecified atom stereocenters. The average molecular weight is 379 g/mol. The molecule has 3 aromatic rings. The number of carbonyl (C=O) groups excluding carboxylic acids is 1. The molecule has 0 bridgehead atoms. The van der Waals surface area contributed by atoms with Crippen LogP contribution in [0.1, 0.15) is 26.3 Å². The maximum Gasteiger partial charge on any atom is 0.317 e. The number of nitrogens with one attached hydrogen (secondary N) is 1. The first-order valence-electron chi connectivity index (χ1n) is 9.59. The van der Waals surface area contributed by atoms with Gasteiger partial charge >= 0.3 is 6.03 Å². The molecule has 7 heteroatoms. The Hall–Kier alpha value is -3.09. The van der Waals surface area contributed by atoms with Gasteiger partial charge < -0.3 is 19.5 Å². The summed E-state index contributed by atoms with van der Waals surface area (Å²) in [6, 6.07) is 12.0. The van der Waals surface area contributed by atoms with Crippen LogP contribution in [0.25, 0.3) is 22.6 Å². The Kier molecular flexibility index (Phi) is 4.90. The van der Waals surface area contributed by atoms with Gasteiger partial charge in [-0.15, -0.1) is 0 Å².